The van der Waals surface area contributed by atoms with Gasteiger partial charge in [-0.25, -0.2) is 8.78 Å². The van der Waals surface area contributed by atoms with Crippen LogP contribution in [0.15, 0.2) is 35.3 Å². The van der Waals surface area contributed by atoms with Gasteiger partial charge in [0.05, 0.1) is 5.16 Å². The summed E-state index contributed by atoms with van der Waals surface area (Å²) >= 11 is 4.38. The molecule has 2 aromatic carbocycles. The van der Waals surface area contributed by atoms with Gasteiger partial charge in [-0.05, 0) is 55.7 Å². The molecule has 0 atom stereocenters. The second-order valence-corrected chi connectivity index (χ2v) is 5.69. The SMILES string of the molecule is CCCCc1cc(C)ccc1C#Cc1cc(F)c(N=C=S)c(F)c1. The number of nitrogens with zero attached hydrogens (tertiary/aromatic N) is 1. The molecule has 24 heavy (non-hydrogen) atoms. The molecule has 0 N–H and O–H groups in total. The Morgan fingerprint density at radius 3 is 2.42 bits per heavy atom. The number of unbranched alkanes of at least 4 members (excludes halogenated alkanes) is 1. The first kappa shape index (κ1) is 18.0. The highest BCUT2D eigenvalue weighted by Gasteiger charge is 2.09. The third-order valence-electron chi connectivity index (χ3n) is 3.58. The maximum absolute atomic E-state index is 13.8. The molecule has 0 aliphatic heterocycles. The molecule has 0 heterocycles. The van der Waals surface area contributed by atoms with Crippen molar-refractivity contribution in [2.24, 2.45) is 4.99 Å². The van der Waals surface area contributed by atoms with E-state index in [2.05, 4.69) is 42.0 Å². The highest BCUT2D eigenvalue weighted by molar-refractivity contribution is 7.78. The van der Waals surface area contributed by atoms with Crippen LogP contribution in [0.3, 0.4) is 0 Å². The monoisotopic (exact) mass is 341 g/mol. The zero-order valence-corrected chi connectivity index (χ0v) is 14.4. The summed E-state index contributed by atoms with van der Waals surface area (Å²) in [5.41, 5.74) is 3.04. The molecule has 0 bridgehead atoms. The van der Waals surface area contributed by atoms with Crippen LogP contribution in [-0.2, 0) is 6.42 Å². The van der Waals surface area contributed by atoms with Crippen LogP contribution in [-0.4, -0.2) is 5.16 Å². The van der Waals surface area contributed by atoms with Crippen molar-refractivity contribution in [1.82, 2.24) is 0 Å². The minimum absolute atomic E-state index is 0.260. The Morgan fingerprint density at radius 2 is 1.79 bits per heavy atom. The second-order valence-electron chi connectivity index (χ2n) is 5.51. The highest BCUT2D eigenvalue weighted by Crippen LogP contribution is 2.23. The fraction of sp³-hybridized carbons (Fsp3) is 0.250. The number of thiocarbonyl (C=S) groups is 1. The molecule has 122 valence electrons. The maximum Gasteiger partial charge on any atom is 0.153 e. The Labute approximate surface area is 146 Å². The van der Waals surface area contributed by atoms with E-state index in [9.17, 15) is 8.78 Å². The molecule has 0 aliphatic rings. The molecular weight excluding hydrogens is 324 g/mol. The summed E-state index contributed by atoms with van der Waals surface area (Å²) in [5.74, 6) is 4.25. The zero-order valence-electron chi connectivity index (χ0n) is 13.6. The molecular formula is C20H17F2NS. The topological polar surface area (TPSA) is 12.4 Å². The summed E-state index contributed by atoms with van der Waals surface area (Å²) in [5, 5.41) is 1.97. The van der Waals surface area contributed by atoms with Crippen LogP contribution in [0.4, 0.5) is 14.5 Å². The minimum atomic E-state index is -0.799. The number of hydrogen-bond donors (Lipinski definition) is 0. The predicted octanol–water partition coefficient (Wildman–Crippen LogP) is 5.75. The van der Waals surface area contributed by atoms with E-state index in [1.54, 1.807) is 0 Å². The van der Waals surface area contributed by atoms with E-state index >= 15 is 0 Å². The number of rotatable bonds is 4. The normalized spacial score (nSPS) is 9.83. The lowest BCUT2D eigenvalue weighted by atomic mass is 9.99. The van der Waals surface area contributed by atoms with Gasteiger partial charge in [-0.1, -0.05) is 42.9 Å². The van der Waals surface area contributed by atoms with E-state index in [4.69, 9.17) is 0 Å². The molecule has 0 aliphatic carbocycles. The van der Waals surface area contributed by atoms with Crippen molar-refractivity contribution in [2.75, 3.05) is 0 Å². The summed E-state index contributed by atoms with van der Waals surface area (Å²) in [4.78, 5) is 3.39. The van der Waals surface area contributed by atoms with Crippen LogP contribution >= 0.6 is 12.2 Å². The smallest absolute Gasteiger partial charge is 0.153 e. The summed E-state index contributed by atoms with van der Waals surface area (Å²) < 4.78 is 27.7. The van der Waals surface area contributed by atoms with Gasteiger partial charge in [-0.3, -0.25) is 0 Å². The van der Waals surface area contributed by atoms with E-state index in [-0.39, 0.29) is 5.56 Å². The van der Waals surface area contributed by atoms with Crippen molar-refractivity contribution in [2.45, 2.75) is 33.1 Å². The van der Waals surface area contributed by atoms with E-state index < -0.39 is 17.3 Å². The van der Waals surface area contributed by atoms with Gasteiger partial charge in [-0.15, -0.1) is 0 Å². The van der Waals surface area contributed by atoms with Crippen LogP contribution < -0.4 is 0 Å². The third kappa shape index (κ3) is 4.58. The van der Waals surface area contributed by atoms with Crippen LogP contribution in [0.5, 0.6) is 0 Å². The van der Waals surface area contributed by atoms with E-state index in [1.807, 2.05) is 24.2 Å². The van der Waals surface area contributed by atoms with E-state index in [0.29, 0.717) is 0 Å². The summed E-state index contributed by atoms with van der Waals surface area (Å²) in [7, 11) is 0. The van der Waals surface area contributed by atoms with Gasteiger partial charge in [0.2, 0.25) is 0 Å². The molecule has 0 saturated heterocycles. The Morgan fingerprint density at radius 1 is 1.08 bits per heavy atom. The summed E-state index contributed by atoms with van der Waals surface area (Å²) in [6, 6.07) is 8.35. The average molecular weight is 341 g/mol. The first-order chi connectivity index (χ1) is 11.5. The molecule has 0 radical (unpaired) electrons. The van der Waals surface area contributed by atoms with Gasteiger partial charge in [0.15, 0.2) is 11.6 Å². The Balaban J connectivity index is 2.38. The van der Waals surface area contributed by atoms with Crippen LogP contribution in [0.1, 0.15) is 42.0 Å². The first-order valence-electron chi connectivity index (χ1n) is 7.73. The molecule has 1 nitrogen and oxygen atoms in total. The quantitative estimate of drug-likeness (QED) is 0.392. The van der Waals surface area contributed by atoms with Crippen LogP contribution in [0.2, 0.25) is 0 Å². The standard InChI is InChI=1S/C20H17F2NS/c1-3-4-5-17-10-14(2)6-8-16(17)9-7-15-11-18(21)20(23-13-24)19(22)12-15/h6,8,10-12H,3-5H2,1-2H3. The first-order valence-corrected chi connectivity index (χ1v) is 8.14. The highest BCUT2D eigenvalue weighted by atomic mass is 32.1. The lowest BCUT2D eigenvalue weighted by molar-refractivity contribution is 0.587. The third-order valence-corrected chi connectivity index (χ3v) is 3.67. The van der Waals surface area contributed by atoms with Gasteiger partial charge in [0, 0.05) is 11.1 Å². The lowest BCUT2D eigenvalue weighted by Gasteiger charge is -2.05. The Bertz CT molecular complexity index is 833. The van der Waals surface area contributed by atoms with Gasteiger partial charge in [0.25, 0.3) is 0 Å². The van der Waals surface area contributed by atoms with Crippen molar-refractivity contribution in [3.8, 4) is 11.8 Å². The van der Waals surface area contributed by atoms with Crippen molar-refractivity contribution >= 4 is 23.1 Å². The Hall–Kier alpha value is -2.34. The average Bonchev–Trinajstić information content (AvgIpc) is 2.55. The number of halogens is 2. The lowest BCUT2D eigenvalue weighted by Crippen LogP contribution is -1.92. The van der Waals surface area contributed by atoms with Crippen molar-refractivity contribution in [3.63, 3.8) is 0 Å². The van der Waals surface area contributed by atoms with Crippen LogP contribution in [0, 0.1) is 30.4 Å². The zero-order chi connectivity index (χ0) is 17.5. The Kier molecular flexibility index (Phi) is 6.37. The van der Waals surface area contributed by atoms with Crippen LogP contribution in [0.25, 0.3) is 0 Å². The minimum Gasteiger partial charge on any atom is -0.204 e. The molecule has 0 amide bonds. The maximum atomic E-state index is 13.8. The van der Waals surface area contributed by atoms with E-state index in [1.165, 1.54) is 5.56 Å². The number of isothiocyanates is 1. The van der Waals surface area contributed by atoms with Crippen molar-refractivity contribution < 1.29 is 8.78 Å². The molecule has 0 spiro atoms. The van der Waals surface area contributed by atoms with Gasteiger partial charge >= 0.3 is 0 Å². The number of hydrogen-bond acceptors (Lipinski definition) is 2. The second kappa shape index (κ2) is 8.49. The summed E-state index contributed by atoms with van der Waals surface area (Å²) in [6.45, 7) is 4.17. The fourth-order valence-corrected chi connectivity index (χ4v) is 2.44. The largest absolute Gasteiger partial charge is 0.204 e. The molecule has 0 unspecified atom stereocenters. The molecule has 2 aromatic rings. The number of benzene rings is 2. The van der Waals surface area contributed by atoms with Gasteiger partial charge < -0.3 is 0 Å². The molecule has 0 saturated carbocycles. The molecule has 0 fully saturated rings. The number of aryl methyl sites for hydroxylation is 2. The molecule has 2 rings (SSSR count). The van der Waals surface area contributed by atoms with E-state index in [0.717, 1.165) is 42.5 Å². The number of aliphatic imine (C=N–C) groups is 1. The van der Waals surface area contributed by atoms with Gasteiger partial charge in [0.1, 0.15) is 5.69 Å². The molecule has 4 heteroatoms. The predicted molar refractivity (Wildman–Crippen MR) is 96.8 cm³/mol. The fourth-order valence-electron chi connectivity index (χ4n) is 2.35. The molecule has 0 aromatic heterocycles. The van der Waals surface area contributed by atoms with Crippen molar-refractivity contribution in [3.05, 3.63) is 64.2 Å². The van der Waals surface area contributed by atoms with Gasteiger partial charge in [-0.2, -0.15) is 4.99 Å². The summed E-state index contributed by atoms with van der Waals surface area (Å²) in [6.07, 6.45) is 3.11. The van der Waals surface area contributed by atoms with Crippen molar-refractivity contribution in [1.29, 1.82) is 0 Å².